The number of aromatic nitrogens is 2. The van der Waals surface area contributed by atoms with Gasteiger partial charge in [-0.1, -0.05) is 23.2 Å². The van der Waals surface area contributed by atoms with Gasteiger partial charge in [-0.15, -0.1) is 0 Å². The minimum Gasteiger partial charge on any atom is -0.396 e. The number of nitrogens with zero attached hydrogens (tertiary/aromatic N) is 2. The van der Waals surface area contributed by atoms with Crippen LogP contribution in [0.5, 0.6) is 0 Å². The van der Waals surface area contributed by atoms with E-state index in [0.717, 1.165) is 11.3 Å². The van der Waals surface area contributed by atoms with E-state index in [1.807, 2.05) is 0 Å². The van der Waals surface area contributed by atoms with Gasteiger partial charge in [-0.2, -0.15) is 5.10 Å². The fraction of sp³-hybridized carbons (Fsp3) is 0.250. The predicted molar refractivity (Wildman–Crippen MR) is 73.4 cm³/mol. The third kappa shape index (κ3) is 2.61. The Balaban J connectivity index is 2.33. The average molecular weight is 286 g/mol. The molecule has 0 saturated carbocycles. The summed E-state index contributed by atoms with van der Waals surface area (Å²) in [6.07, 6.45) is 3.06. The molecule has 0 aliphatic carbocycles. The summed E-state index contributed by atoms with van der Waals surface area (Å²) in [7, 11) is 0. The van der Waals surface area contributed by atoms with Crippen molar-refractivity contribution in [2.45, 2.75) is 12.8 Å². The van der Waals surface area contributed by atoms with Crippen LogP contribution in [0.25, 0.3) is 5.69 Å². The Morgan fingerprint density at radius 1 is 1.28 bits per heavy atom. The van der Waals surface area contributed by atoms with Crippen LogP contribution in [0.4, 0.5) is 5.82 Å². The van der Waals surface area contributed by atoms with E-state index in [-0.39, 0.29) is 6.61 Å². The van der Waals surface area contributed by atoms with Crippen molar-refractivity contribution in [2.75, 3.05) is 12.3 Å². The van der Waals surface area contributed by atoms with Gasteiger partial charge in [-0.25, -0.2) is 4.68 Å². The minimum atomic E-state index is 0.136. The van der Waals surface area contributed by atoms with Crippen LogP contribution in [0.1, 0.15) is 12.0 Å². The molecule has 2 aromatic rings. The first-order valence-corrected chi connectivity index (χ1v) is 6.27. The normalized spacial score (nSPS) is 10.8. The van der Waals surface area contributed by atoms with E-state index in [0.29, 0.717) is 28.7 Å². The van der Waals surface area contributed by atoms with Gasteiger partial charge < -0.3 is 10.8 Å². The van der Waals surface area contributed by atoms with E-state index >= 15 is 0 Å². The van der Waals surface area contributed by atoms with Gasteiger partial charge in [0.2, 0.25) is 0 Å². The van der Waals surface area contributed by atoms with Crippen molar-refractivity contribution in [3.8, 4) is 5.69 Å². The molecule has 2 rings (SSSR count). The molecule has 0 saturated heterocycles. The smallest absolute Gasteiger partial charge is 0.130 e. The topological polar surface area (TPSA) is 64.1 Å². The highest BCUT2D eigenvalue weighted by Crippen LogP contribution is 2.26. The first-order chi connectivity index (χ1) is 8.63. The highest BCUT2D eigenvalue weighted by Gasteiger charge is 2.09. The summed E-state index contributed by atoms with van der Waals surface area (Å²) in [5, 5.41) is 14.0. The van der Waals surface area contributed by atoms with Gasteiger partial charge in [0.25, 0.3) is 0 Å². The third-order valence-electron chi connectivity index (χ3n) is 2.64. The zero-order chi connectivity index (χ0) is 13.1. The van der Waals surface area contributed by atoms with Gasteiger partial charge in [-0.3, -0.25) is 0 Å². The number of rotatable bonds is 4. The van der Waals surface area contributed by atoms with Crippen LogP contribution in [0, 0.1) is 0 Å². The molecule has 0 amide bonds. The first-order valence-electron chi connectivity index (χ1n) is 5.52. The summed E-state index contributed by atoms with van der Waals surface area (Å²) in [6.45, 7) is 0.136. The monoisotopic (exact) mass is 285 g/mol. The van der Waals surface area contributed by atoms with E-state index in [9.17, 15) is 0 Å². The fourth-order valence-electron chi connectivity index (χ4n) is 1.68. The maximum absolute atomic E-state index is 8.81. The summed E-state index contributed by atoms with van der Waals surface area (Å²) in [6, 6.07) is 5.21. The SMILES string of the molecule is Nc1c(CCCO)cnn1-c1ccc(Cl)c(Cl)c1. The highest BCUT2D eigenvalue weighted by molar-refractivity contribution is 6.42. The lowest BCUT2D eigenvalue weighted by Crippen LogP contribution is -2.03. The Hall–Kier alpha value is -1.23. The van der Waals surface area contributed by atoms with Crippen LogP contribution in [0.3, 0.4) is 0 Å². The third-order valence-corrected chi connectivity index (χ3v) is 3.38. The number of aryl methyl sites for hydroxylation is 1. The lowest BCUT2D eigenvalue weighted by atomic mass is 10.2. The van der Waals surface area contributed by atoms with Gasteiger partial charge in [0.1, 0.15) is 5.82 Å². The molecule has 0 fully saturated rings. The molecule has 0 atom stereocenters. The molecule has 3 N–H and O–H groups in total. The average Bonchev–Trinajstić information content (AvgIpc) is 2.72. The number of nitrogens with two attached hydrogens (primary N) is 1. The number of hydrogen-bond donors (Lipinski definition) is 2. The van der Waals surface area contributed by atoms with Crippen LogP contribution < -0.4 is 5.73 Å². The molecule has 0 spiro atoms. The van der Waals surface area contributed by atoms with Gasteiger partial charge in [-0.05, 0) is 31.0 Å². The molecule has 1 aromatic heterocycles. The van der Waals surface area contributed by atoms with Crippen LogP contribution in [0.2, 0.25) is 10.0 Å². The summed E-state index contributed by atoms with van der Waals surface area (Å²) in [5.74, 6) is 0.557. The molecule has 6 heteroatoms. The van der Waals surface area contributed by atoms with E-state index in [1.165, 1.54) is 0 Å². The van der Waals surface area contributed by atoms with Crippen molar-refractivity contribution in [1.82, 2.24) is 9.78 Å². The summed E-state index contributed by atoms with van der Waals surface area (Å²) in [5.41, 5.74) is 7.68. The van der Waals surface area contributed by atoms with Crippen LogP contribution in [-0.2, 0) is 6.42 Å². The number of nitrogen functional groups attached to an aromatic ring is 1. The van der Waals surface area contributed by atoms with Crippen LogP contribution in [0.15, 0.2) is 24.4 Å². The predicted octanol–water partition coefficient (Wildman–Crippen LogP) is 2.69. The molecule has 0 radical (unpaired) electrons. The Labute approximate surface area is 115 Å². The number of aliphatic hydroxyl groups is 1. The Morgan fingerprint density at radius 3 is 2.72 bits per heavy atom. The molecular formula is C12H13Cl2N3O. The van der Waals surface area contributed by atoms with Gasteiger partial charge in [0, 0.05) is 12.2 Å². The zero-order valence-electron chi connectivity index (χ0n) is 9.61. The second kappa shape index (κ2) is 5.61. The van der Waals surface area contributed by atoms with Crippen molar-refractivity contribution >= 4 is 29.0 Å². The van der Waals surface area contributed by atoms with E-state index < -0.39 is 0 Å². The summed E-state index contributed by atoms with van der Waals surface area (Å²) < 4.78 is 1.61. The lowest BCUT2D eigenvalue weighted by molar-refractivity contribution is 0.288. The molecule has 4 nitrogen and oxygen atoms in total. The Bertz CT molecular complexity index is 554. The molecule has 0 aliphatic rings. The quantitative estimate of drug-likeness (QED) is 0.908. The molecule has 0 unspecified atom stereocenters. The molecular weight excluding hydrogens is 273 g/mol. The second-order valence-electron chi connectivity index (χ2n) is 3.89. The maximum Gasteiger partial charge on any atom is 0.130 e. The maximum atomic E-state index is 8.81. The van der Waals surface area contributed by atoms with Crippen molar-refractivity contribution in [3.05, 3.63) is 40.0 Å². The van der Waals surface area contributed by atoms with E-state index in [4.69, 9.17) is 34.0 Å². The van der Waals surface area contributed by atoms with Gasteiger partial charge in [0.15, 0.2) is 0 Å². The Morgan fingerprint density at radius 2 is 2.06 bits per heavy atom. The van der Waals surface area contributed by atoms with Crippen molar-refractivity contribution < 1.29 is 5.11 Å². The first kappa shape index (κ1) is 13.2. The number of halogens is 2. The molecule has 96 valence electrons. The Kier molecular flexibility index (Phi) is 4.11. The summed E-state index contributed by atoms with van der Waals surface area (Å²) >= 11 is 11.8. The molecule has 0 aliphatic heterocycles. The van der Waals surface area contributed by atoms with E-state index in [1.54, 1.807) is 29.1 Å². The number of hydrogen-bond acceptors (Lipinski definition) is 3. The molecule has 1 aromatic carbocycles. The van der Waals surface area contributed by atoms with Crippen molar-refractivity contribution in [1.29, 1.82) is 0 Å². The molecule has 18 heavy (non-hydrogen) atoms. The van der Waals surface area contributed by atoms with E-state index in [2.05, 4.69) is 5.10 Å². The van der Waals surface area contributed by atoms with Crippen LogP contribution in [-0.4, -0.2) is 21.5 Å². The summed E-state index contributed by atoms with van der Waals surface area (Å²) in [4.78, 5) is 0. The van der Waals surface area contributed by atoms with Gasteiger partial charge >= 0.3 is 0 Å². The molecule has 0 bridgehead atoms. The fourth-order valence-corrected chi connectivity index (χ4v) is 1.97. The highest BCUT2D eigenvalue weighted by atomic mass is 35.5. The van der Waals surface area contributed by atoms with Gasteiger partial charge in [0.05, 0.1) is 21.9 Å². The van der Waals surface area contributed by atoms with Crippen molar-refractivity contribution in [2.24, 2.45) is 0 Å². The number of aliphatic hydroxyl groups excluding tert-OH is 1. The number of anilines is 1. The van der Waals surface area contributed by atoms with Crippen LogP contribution >= 0.6 is 23.2 Å². The van der Waals surface area contributed by atoms with Crippen molar-refractivity contribution in [3.63, 3.8) is 0 Å². The number of benzene rings is 1. The second-order valence-corrected chi connectivity index (χ2v) is 4.71. The largest absolute Gasteiger partial charge is 0.396 e. The molecule has 1 heterocycles. The zero-order valence-corrected chi connectivity index (χ0v) is 11.1. The lowest BCUT2D eigenvalue weighted by Gasteiger charge is -2.06. The minimum absolute atomic E-state index is 0.136. The standard InChI is InChI=1S/C12H13Cl2N3O/c13-10-4-3-9(6-11(10)14)17-12(15)8(7-16-17)2-1-5-18/h3-4,6-7,18H,1-2,5,15H2.